The Morgan fingerprint density at radius 3 is 2.20 bits per heavy atom. The van der Waals surface area contributed by atoms with Gasteiger partial charge in [-0.2, -0.15) is 0 Å². The van der Waals surface area contributed by atoms with E-state index in [-0.39, 0.29) is 30.7 Å². The molecule has 9 heteroatoms. The van der Waals surface area contributed by atoms with Crippen LogP contribution in [0.3, 0.4) is 0 Å². The van der Waals surface area contributed by atoms with E-state index >= 15 is 0 Å². The predicted octanol–water partition coefficient (Wildman–Crippen LogP) is 4.68. The van der Waals surface area contributed by atoms with Crippen molar-refractivity contribution in [1.29, 1.82) is 0 Å². The molecule has 4 rings (SSSR count). The number of amides is 3. The number of nitrogens with zero attached hydrogens (tertiary/aromatic N) is 1. The predicted molar refractivity (Wildman–Crippen MR) is 136 cm³/mol. The van der Waals surface area contributed by atoms with Gasteiger partial charge in [0, 0.05) is 40.9 Å². The lowest BCUT2D eigenvalue weighted by Crippen LogP contribution is -2.32. The molecule has 0 unspecified atom stereocenters. The molecule has 1 aliphatic heterocycles. The molecule has 1 saturated heterocycles. The fourth-order valence-electron chi connectivity index (χ4n) is 3.67. The third-order valence-corrected chi connectivity index (χ3v) is 6.03. The topological polar surface area (TPSA) is 87.7 Å². The molecule has 3 aromatic carbocycles. The van der Waals surface area contributed by atoms with Gasteiger partial charge in [-0.25, -0.2) is 0 Å². The van der Waals surface area contributed by atoms with Crippen molar-refractivity contribution in [3.63, 3.8) is 0 Å². The van der Waals surface area contributed by atoms with Crippen LogP contribution in [0.2, 0.25) is 10.0 Å². The Bertz CT molecular complexity index is 1200. The molecule has 3 aromatic rings. The van der Waals surface area contributed by atoms with E-state index in [9.17, 15) is 14.4 Å². The highest BCUT2D eigenvalue weighted by Gasteiger charge is 2.35. The minimum atomic E-state index is -0.428. The maximum absolute atomic E-state index is 12.6. The molecule has 1 atom stereocenters. The maximum atomic E-state index is 12.6. The molecular formula is C26H23Cl2N3O4. The molecule has 1 fully saturated rings. The monoisotopic (exact) mass is 511 g/mol. The van der Waals surface area contributed by atoms with E-state index in [4.69, 9.17) is 27.9 Å². The number of ether oxygens (including phenoxy) is 1. The fraction of sp³-hybridized carbons (Fsp3) is 0.192. The van der Waals surface area contributed by atoms with Gasteiger partial charge in [-0.15, -0.1) is 0 Å². The van der Waals surface area contributed by atoms with Crippen LogP contribution in [-0.2, 0) is 20.9 Å². The summed E-state index contributed by atoms with van der Waals surface area (Å²) in [7, 11) is 0. The highest BCUT2D eigenvalue weighted by atomic mass is 35.5. The average molecular weight is 512 g/mol. The van der Waals surface area contributed by atoms with E-state index in [2.05, 4.69) is 10.6 Å². The highest BCUT2D eigenvalue weighted by Crippen LogP contribution is 2.27. The second-order valence-corrected chi connectivity index (χ2v) is 8.96. The summed E-state index contributed by atoms with van der Waals surface area (Å²) in [6.45, 7) is 0.508. The number of hydrogen-bond donors (Lipinski definition) is 2. The van der Waals surface area contributed by atoms with Gasteiger partial charge in [0.1, 0.15) is 5.75 Å². The van der Waals surface area contributed by atoms with E-state index in [1.807, 2.05) is 12.1 Å². The Morgan fingerprint density at radius 2 is 1.54 bits per heavy atom. The van der Waals surface area contributed by atoms with Gasteiger partial charge < -0.3 is 20.3 Å². The Balaban J connectivity index is 1.26. The van der Waals surface area contributed by atoms with Crippen molar-refractivity contribution in [1.82, 2.24) is 5.32 Å². The van der Waals surface area contributed by atoms with Crippen molar-refractivity contribution in [3.8, 4) is 5.75 Å². The van der Waals surface area contributed by atoms with E-state index in [1.54, 1.807) is 65.6 Å². The van der Waals surface area contributed by atoms with Crippen LogP contribution in [0.5, 0.6) is 5.75 Å². The molecule has 180 valence electrons. The second kappa shape index (κ2) is 11.3. The molecule has 0 aliphatic carbocycles. The molecule has 0 bridgehead atoms. The molecule has 35 heavy (non-hydrogen) atoms. The number of benzene rings is 3. The number of anilines is 2. The molecule has 1 aliphatic rings. The first-order valence-corrected chi connectivity index (χ1v) is 11.7. The lowest BCUT2D eigenvalue weighted by Gasteiger charge is -2.17. The summed E-state index contributed by atoms with van der Waals surface area (Å²) in [6, 6.07) is 20.8. The van der Waals surface area contributed by atoms with Crippen LogP contribution in [0.4, 0.5) is 11.4 Å². The molecule has 2 N–H and O–H groups in total. The van der Waals surface area contributed by atoms with Crippen molar-refractivity contribution >= 4 is 52.3 Å². The van der Waals surface area contributed by atoms with E-state index in [0.29, 0.717) is 40.3 Å². The Hall–Kier alpha value is -3.55. The Morgan fingerprint density at radius 1 is 0.914 bits per heavy atom. The fourth-order valence-corrected chi connectivity index (χ4v) is 3.92. The number of halogens is 2. The number of hydrogen-bond acceptors (Lipinski definition) is 4. The molecule has 3 amide bonds. The van der Waals surface area contributed by atoms with Gasteiger partial charge in [0.2, 0.25) is 11.8 Å². The largest absolute Gasteiger partial charge is 0.484 e. The van der Waals surface area contributed by atoms with Crippen molar-refractivity contribution < 1.29 is 19.1 Å². The SMILES string of the molecule is O=C(COc1ccc(N2C[C@H](C(=O)NCc3ccc(Cl)cc3)CC2=O)cc1)Nc1ccc(Cl)cc1. The minimum absolute atomic E-state index is 0.118. The third-order valence-electron chi connectivity index (χ3n) is 5.52. The molecule has 0 saturated carbocycles. The highest BCUT2D eigenvalue weighted by molar-refractivity contribution is 6.30. The molecule has 7 nitrogen and oxygen atoms in total. The summed E-state index contributed by atoms with van der Waals surface area (Å²) in [5.41, 5.74) is 2.22. The lowest BCUT2D eigenvalue weighted by molar-refractivity contribution is -0.126. The second-order valence-electron chi connectivity index (χ2n) is 8.09. The van der Waals surface area contributed by atoms with Crippen molar-refractivity contribution in [3.05, 3.63) is 88.4 Å². The van der Waals surface area contributed by atoms with Crippen LogP contribution in [0, 0.1) is 5.92 Å². The average Bonchev–Trinajstić information content (AvgIpc) is 3.25. The third kappa shape index (κ3) is 6.74. The van der Waals surface area contributed by atoms with Crippen LogP contribution in [-0.4, -0.2) is 30.9 Å². The molecule has 0 spiro atoms. The van der Waals surface area contributed by atoms with Crippen LogP contribution < -0.4 is 20.3 Å². The number of carbonyl (C=O) groups is 3. The zero-order valence-corrected chi connectivity index (χ0v) is 20.2. The van der Waals surface area contributed by atoms with Gasteiger partial charge in [0.05, 0.1) is 5.92 Å². The van der Waals surface area contributed by atoms with E-state index < -0.39 is 5.92 Å². The van der Waals surface area contributed by atoms with Crippen LogP contribution in [0.15, 0.2) is 72.8 Å². The Labute approximate surface area is 213 Å². The van der Waals surface area contributed by atoms with Crippen molar-refractivity contribution in [2.75, 3.05) is 23.4 Å². The van der Waals surface area contributed by atoms with E-state index in [1.165, 1.54) is 0 Å². The zero-order valence-electron chi connectivity index (χ0n) is 18.7. The first kappa shape index (κ1) is 24.6. The van der Waals surface area contributed by atoms with Crippen LogP contribution >= 0.6 is 23.2 Å². The molecular weight excluding hydrogens is 489 g/mol. The smallest absolute Gasteiger partial charge is 0.262 e. The first-order valence-electron chi connectivity index (χ1n) is 11.0. The van der Waals surface area contributed by atoms with E-state index in [0.717, 1.165) is 5.56 Å². The number of rotatable bonds is 8. The first-order chi connectivity index (χ1) is 16.9. The zero-order chi connectivity index (χ0) is 24.8. The van der Waals surface area contributed by atoms with Gasteiger partial charge in [-0.3, -0.25) is 14.4 Å². The standard InChI is InChI=1S/C26H23Cl2N3O4/c27-19-3-1-17(2-4-19)14-29-26(34)18-13-25(33)31(15-18)22-9-11-23(12-10-22)35-16-24(32)30-21-7-5-20(28)6-8-21/h1-12,18H,13-16H2,(H,29,34)(H,30,32)/t18-/m1/s1. The maximum Gasteiger partial charge on any atom is 0.262 e. The van der Waals surface area contributed by atoms with Gasteiger partial charge in [0.15, 0.2) is 6.61 Å². The molecule has 1 heterocycles. The Kier molecular flexibility index (Phi) is 7.90. The van der Waals surface area contributed by atoms with Crippen molar-refractivity contribution in [2.45, 2.75) is 13.0 Å². The van der Waals surface area contributed by atoms with Crippen LogP contribution in [0.25, 0.3) is 0 Å². The van der Waals surface area contributed by atoms with Gasteiger partial charge in [-0.05, 0) is 66.2 Å². The normalized spacial score (nSPS) is 15.1. The van der Waals surface area contributed by atoms with Gasteiger partial charge in [0.25, 0.3) is 5.91 Å². The summed E-state index contributed by atoms with van der Waals surface area (Å²) >= 11 is 11.7. The molecule has 0 aromatic heterocycles. The summed E-state index contributed by atoms with van der Waals surface area (Å²) in [6.07, 6.45) is 0.148. The number of nitrogens with one attached hydrogen (secondary N) is 2. The summed E-state index contributed by atoms with van der Waals surface area (Å²) in [5, 5.41) is 6.82. The summed E-state index contributed by atoms with van der Waals surface area (Å²) in [4.78, 5) is 38.8. The van der Waals surface area contributed by atoms with Crippen LogP contribution in [0.1, 0.15) is 12.0 Å². The lowest BCUT2D eigenvalue weighted by atomic mass is 10.1. The summed E-state index contributed by atoms with van der Waals surface area (Å²) < 4.78 is 5.53. The van der Waals surface area contributed by atoms with Gasteiger partial charge >= 0.3 is 0 Å². The minimum Gasteiger partial charge on any atom is -0.484 e. The summed E-state index contributed by atoms with van der Waals surface area (Å²) in [5.74, 6) is -0.528. The molecule has 0 radical (unpaired) electrons. The van der Waals surface area contributed by atoms with Crippen molar-refractivity contribution in [2.24, 2.45) is 5.92 Å². The quantitative estimate of drug-likeness (QED) is 0.459. The van der Waals surface area contributed by atoms with Gasteiger partial charge in [-0.1, -0.05) is 35.3 Å². The number of carbonyl (C=O) groups excluding carboxylic acids is 3.